The van der Waals surface area contributed by atoms with Gasteiger partial charge in [0.2, 0.25) is 16.0 Å². The summed E-state index contributed by atoms with van der Waals surface area (Å²) in [6, 6.07) is 8.04. The van der Waals surface area contributed by atoms with Crippen molar-refractivity contribution >= 4 is 16.0 Å². The molecule has 1 aliphatic carbocycles. The fourth-order valence-electron chi connectivity index (χ4n) is 4.06. The van der Waals surface area contributed by atoms with E-state index >= 15 is 0 Å². The van der Waals surface area contributed by atoms with Crippen molar-refractivity contribution in [3.63, 3.8) is 0 Å². The normalized spacial score (nSPS) is 23.7. The summed E-state index contributed by atoms with van der Waals surface area (Å²) in [7, 11) is -3.13. The number of nitrogens with one attached hydrogen (secondary N) is 1. The van der Waals surface area contributed by atoms with Crippen LogP contribution in [0.5, 0.6) is 0 Å². The predicted octanol–water partition coefficient (Wildman–Crippen LogP) is 2.45. The summed E-state index contributed by atoms with van der Waals surface area (Å²) in [5, 5.41) is 0. The van der Waals surface area contributed by atoms with Crippen molar-refractivity contribution in [1.82, 2.24) is 14.7 Å². The Morgan fingerprint density at radius 2 is 2.04 bits per heavy atom. The number of anilines is 1. The predicted molar refractivity (Wildman–Crippen MR) is 103 cm³/mol. The number of hydrogen-bond donors (Lipinski definition) is 1. The van der Waals surface area contributed by atoms with E-state index in [9.17, 15) is 8.42 Å². The molecule has 1 N–H and O–H groups in total. The third-order valence-electron chi connectivity index (χ3n) is 5.62. The molecule has 1 aromatic carbocycles. The van der Waals surface area contributed by atoms with Crippen LogP contribution in [-0.2, 0) is 22.9 Å². The Morgan fingerprint density at radius 1 is 1.15 bits per heavy atom. The maximum Gasteiger partial charge on any atom is 0.226 e. The van der Waals surface area contributed by atoms with Crippen LogP contribution in [0.25, 0.3) is 11.3 Å². The molecule has 3 heterocycles. The highest BCUT2D eigenvalue weighted by molar-refractivity contribution is 7.89. The van der Waals surface area contributed by atoms with Crippen molar-refractivity contribution in [2.75, 3.05) is 23.7 Å². The zero-order chi connectivity index (χ0) is 17.7. The Balaban J connectivity index is 0.00000180. The van der Waals surface area contributed by atoms with Crippen LogP contribution in [0, 0.1) is 0 Å². The molecule has 2 aliphatic heterocycles. The number of nitrogens with zero attached hydrogens (tertiary/aromatic N) is 3. The molecule has 6 nitrogen and oxygen atoms in total. The average Bonchev–Trinajstić information content (AvgIpc) is 3.18. The van der Waals surface area contributed by atoms with Gasteiger partial charge in [-0.3, -0.25) is 0 Å². The van der Waals surface area contributed by atoms with Crippen LogP contribution >= 0.6 is 0 Å². The van der Waals surface area contributed by atoms with Crippen molar-refractivity contribution in [3.05, 3.63) is 41.1 Å². The van der Waals surface area contributed by atoms with E-state index in [0.29, 0.717) is 6.42 Å². The lowest BCUT2D eigenvalue weighted by Gasteiger charge is -2.31. The highest BCUT2D eigenvalue weighted by Crippen LogP contribution is 2.34. The highest BCUT2D eigenvalue weighted by atomic mass is 32.2. The van der Waals surface area contributed by atoms with Crippen molar-refractivity contribution in [3.8, 4) is 11.3 Å². The smallest absolute Gasteiger partial charge is 0.226 e. The van der Waals surface area contributed by atoms with E-state index in [-0.39, 0.29) is 13.2 Å². The van der Waals surface area contributed by atoms with Gasteiger partial charge >= 0.3 is 0 Å². The third-order valence-corrected chi connectivity index (χ3v) is 7.04. The number of benzene rings is 1. The van der Waals surface area contributed by atoms with Gasteiger partial charge in [-0.15, -0.1) is 0 Å². The van der Waals surface area contributed by atoms with Crippen LogP contribution in [0.4, 0.5) is 5.95 Å². The molecule has 2 fully saturated rings. The van der Waals surface area contributed by atoms with Crippen molar-refractivity contribution in [1.29, 1.82) is 0 Å². The van der Waals surface area contributed by atoms with E-state index in [1.807, 2.05) is 12.1 Å². The first-order chi connectivity index (χ1) is 12.6. The third kappa shape index (κ3) is 2.79. The van der Waals surface area contributed by atoms with Crippen molar-refractivity contribution < 1.29 is 9.84 Å². The largest absolute Gasteiger partial charge is 0.341 e. The first-order valence-corrected chi connectivity index (χ1v) is 11.0. The fraction of sp³-hybridized carbons (Fsp3) is 0.474. The molecule has 138 valence electrons. The van der Waals surface area contributed by atoms with Crippen LogP contribution in [0.1, 0.15) is 43.6 Å². The zero-order valence-corrected chi connectivity index (χ0v) is 15.4. The monoisotopic (exact) mass is 372 g/mol. The lowest BCUT2D eigenvalue weighted by atomic mass is 9.99. The Labute approximate surface area is 155 Å². The molecule has 1 aromatic heterocycles. The van der Waals surface area contributed by atoms with E-state index in [1.54, 1.807) is 0 Å². The molecule has 0 spiro atoms. The summed E-state index contributed by atoms with van der Waals surface area (Å²) in [5.41, 5.74) is 5.55. The summed E-state index contributed by atoms with van der Waals surface area (Å²) in [5.74, 6) is 1.04. The second-order valence-electron chi connectivity index (χ2n) is 7.40. The Hall–Kier alpha value is -1.99. The Kier molecular flexibility index (Phi) is 3.76. The van der Waals surface area contributed by atoms with Gasteiger partial charge in [0.1, 0.15) is 0 Å². The van der Waals surface area contributed by atoms with Crippen LogP contribution in [-0.4, -0.2) is 37.2 Å². The first kappa shape index (κ1) is 16.2. The van der Waals surface area contributed by atoms with Gasteiger partial charge in [-0.1, -0.05) is 18.2 Å². The molecule has 3 aliphatic rings. The summed E-state index contributed by atoms with van der Waals surface area (Å²) >= 11 is 0. The van der Waals surface area contributed by atoms with E-state index < -0.39 is 10.0 Å². The number of aromatic nitrogens is 2. The van der Waals surface area contributed by atoms with Gasteiger partial charge < -0.3 is 4.90 Å². The second kappa shape index (κ2) is 6.03. The summed E-state index contributed by atoms with van der Waals surface area (Å²) < 4.78 is 26.2. The molecule has 0 saturated carbocycles. The standard InChI is InChI=1S/C19H22N4O2S.H2/c24-26(25)11-8-16(22-26)13-4-1-5-14(12-13)18-15-6-2-7-17(15)20-19(21-18)23-9-3-10-23;/h1,4-5,12,16,22H,2-3,6-11H2;1H. The molecular formula is C19H24N4O2S. The van der Waals surface area contributed by atoms with E-state index in [1.165, 1.54) is 17.7 Å². The molecule has 0 amide bonds. The minimum absolute atomic E-state index is 0. The quantitative estimate of drug-likeness (QED) is 0.896. The number of hydrogen-bond acceptors (Lipinski definition) is 5. The molecule has 0 bridgehead atoms. The highest BCUT2D eigenvalue weighted by Gasteiger charge is 2.29. The van der Waals surface area contributed by atoms with Crippen molar-refractivity contribution in [2.24, 2.45) is 0 Å². The minimum atomic E-state index is -3.13. The van der Waals surface area contributed by atoms with E-state index in [0.717, 1.165) is 55.1 Å². The molecule has 7 heteroatoms. The molecule has 5 rings (SSSR count). The average molecular weight is 372 g/mol. The second-order valence-corrected chi connectivity index (χ2v) is 9.27. The number of aryl methyl sites for hydroxylation is 1. The van der Waals surface area contributed by atoms with Gasteiger partial charge in [0, 0.05) is 37.4 Å². The van der Waals surface area contributed by atoms with Gasteiger partial charge in [0.15, 0.2) is 0 Å². The van der Waals surface area contributed by atoms with Crippen molar-refractivity contribution in [2.45, 2.75) is 38.1 Å². The van der Waals surface area contributed by atoms with E-state index in [2.05, 4.69) is 21.8 Å². The molecule has 2 aromatic rings. The van der Waals surface area contributed by atoms with E-state index in [4.69, 9.17) is 9.97 Å². The lowest BCUT2D eigenvalue weighted by Crippen LogP contribution is -2.38. The van der Waals surface area contributed by atoms with Gasteiger partial charge in [-0.25, -0.2) is 23.1 Å². The summed E-state index contributed by atoms with van der Waals surface area (Å²) in [6.07, 6.45) is 4.99. The topological polar surface area (TPSA) is 75.2 Å². The zero-order valence-electron chi connectivity index (χ0n) is 14.6. The first-order valence-electron chi connectivity index (χ1n) is 9.34. The molecule has 1 atom stereocenters. The number of rotatable bonds is 3. The number of sulfonamides is 1. The Bertz CT molecular complexity index is 976. The van der Waals surface area contributed by atoms with Crippen LogP contribution < -0.4 is 9.62 Å². The van der Waals surface area contributed by atoms with Gasteiger partial charge in [0.25, 0.3) is 0 Å². The minimum Gasteiger partial charge on any atom is -0.341 e. The van der Waals surface area contributed by atoms with Crippen LogP contribution in [0.15, 0.2) is 24.3 Å². The van der Waals surface area contributed by atoms with Crippen LogP contribution in [0.3, 0.4) is 0 Å². The number of fused-ring (bicyclic) bond motifs is 1. The molecule has 2 saturated heterocycles. The van der Waals surface area contributed by atoms with Gasteiger partial charge in [0.05, 0.1) is 11.4 Å². The van der Waals surface area contributed by atoms with Gasteiger partial charge in [-0.2, -0.15) is 0 Å². The molecule has 1 unspecified atom stereocenters. The SMILES string of the molecule is O=S1(=O)CCC(c2cccc(-c3nc(N4CCC4)nc4c3CCC4)c2)N1.[HH]. The fourth-order valence-corrected chi connectivity index (χ4v) is 5.41. The maximum atomic E-state index is 11.7. The van der Waals surface area contributed by atoms with Crippen LogP contribution in [0.2, 0.25) is 0 Å². The van der Waals surface area contributed by atoms with Gasteiger partial charge in [-0.05, 0) is 43.7 Å². The Morgan fingerprint density at radius 3 is 2.77 bits per heavy atom. The molecule has 26 heavy (non-hydrogen) atoms. The summed E-state index contributed by atoms with van der Waals surface area (Å²) in [6.45, 7) is 2.06. The molecule has 0 radical (unpaired) electrons. The molecular weight excluding hydrogens is 348 g/mol. The summed E-state index contributed by atoms with van der Waals surface area (Å²) in [4.78, 5) is 11.9. The lowest BCUT2D eigenvalue weighted by molar-refractivity contribution is 0.586. The maximum absolute atomic E-state index is 11.7.